The lowest BCUT2D eigenvalue weighted by atomic mass is 9.97. The Kier molecular flexibility index (Phi) is 9.64. The van der Waals surface area contributed by atoms with Crippen LogP contribution >= 0.6 is 0 Å². The van der Waals surface area contributed by atoms with Gasteiger partial charge in [0.1, 0.15) is 17.6 Å². The number of alkyl halides is 6. The van der Waals surface area contributed by atoms with Gasteiger partial charge in [0.2, 0.25) is 12.4 Å². The minimum Gasteiger partial charge on any atom is -0.475 e. The van der Waals surface area contributed by atoms with Crippen LogP contribution in [0.3, 0.4) is 0 Å². The predicted molar refractivity (Wildman–Crippen MR) is 111 cm³/mol. The molecule has 0 saturated carbocycles. The highest BCUT2D eigenvalue weighted by Crippen LogP contribution is 2.42. The quantitative estimate of drug-likeness (QED) is 0.128. The Bertz CT molecular complexity index is 1070. The van der Waals surface area contributed by atoms with Crippen LogP contribution in [0.25, 0.3) is 6.08 Å². The van der Waals surface area contributed by atoms with E-state index in [1.54, 1.807) is 0 Å². The van der Waals surface area contributed by atoms with Gasteiger partial charge in [-0.1, -0.05) is 6.92 Å². The monoisotopic (exact) mass is 561 g/mol. The van der Waals surface area contributed by atoms with E-state index >= 15 is 0 Å². The van der Waals surface area contributed by atoms with Crippen LogP contribution in [0, 0.1) is 10.1 Å². The van der Waals surface area contributed by atoms with Crippen molar-refractivity contribution in [3.8, 4) is 11.5 Å². The molecule has 0 amide bonds. The lowest BCUT2D eigenvalue weighted by Crippen LogP contribution is -2.41. The molecule has 0 fully saturated rings. The molecular weight excluding hydrogens is 540 g/mol. The molecule has 1 heterocycles. The summed E-state index contributed by atoms with van der Waals surface area (Å²) in [5.41, 5.74) is -1.49. The molecule has 0 aromatic heterocycles. The number of ether oxygens (including phenoxy) is 5. The Morgan fingerprint density at radius 2 is 1.76 bits per heavy atom. The van der Waals surface area contributed by atoms with Crippen molar-refractivity contribution in [3.63, 3.8) is 0 Å². The first-order valence-corrected chi connectivity index (χ1v) is 10.7. The number of carbonyl (C=O) groups is 2. The second-order valence-corrected chi connectivity index (χ2v) is 7.66. The maximum atomic E-state index is 13.7. The van der Waals surface area contributed by atoms with Gasteiger partial charge in [-0.05, 0) is 37.1 Å². The fraction of sp³-hybridized carbons (Fsp3) is 0.524. The first-order chi connectivity index (χ1) is 17.5. The van der Waals surface area contributed by atoms with Crippen LogP contribution in [0.15, 0.2) is 17.7 Å². The van der Waals surface area contributed by atoms with Gasteiger partial charge in [0, 0.05) is 18.9 Å². The smallest absolute Gasteiger partial charge is 0.475 e. The zero-order chi connectivity index (χ0) is 28.8. The molecular formula is C21H21F6NO10. The van der Waals surface area contributed by atoms with Crippen molar-refractivity contribution < 1.29 is 69.5 Å². The van der Waals surface area contributed by atoms with E-state index in [1.807, 2.05) is 0 Å². The third kappa shape index (κ3) is 8.88. The average molecular weight is 561 g/mol. The van der Waals surface area contributed by atoms with E-state index < -0.39 is 71.9 Å². The van der Waals surface area contributed by atoms with Crippen LogP contribution < -0.4 is 9.47 Å². The Balaban J connectivity index is 2.20. The summed E-state index contributed by atoms with van der Waals surface area (Å²) in [5, 5.41) is 9.05. The van der Waals surface area contributed by atoms with Crippen molar-refractivity contribution >= 4 is 18.2 Å². The highest BCUT2D eigenvalue weighted by Gasteiger charge is 2.49. The van der Waals surface area contributed by atoms with Gasteiger partial charge < -0.3 is 28.5 Å². The van der Waals surface area contributed by atoms with Crippen LogP contribution in [0.2, 0.25) is 0 Å². The van der Waals surface area contributed by atoms with Gasteiger partial charge in [0.25, 0.3) is 5.09 Å². The third-order valence-electron chi connectivity index (χ3n) is 4.70. The predicted octanol–water partition coefficient (Wildman–Crippen LogP) is 4.88. The largest absolute Gasteiger partial charge is 0.573 e. The number of nitrogens with zero attached hydrogens (tertiary/aromatic N) is 1. The number of hydrogen-bond acceptors (Lipinski definition) is 10. The van der Waals surface area contributed by atoms with E-state index in [0.29, 0.717) is 6.08 Å². The van der Waals surface area contributed by atoms with E-state index in [4.69, 9.17) is 14.2 Å². The number of aryl methyl sites for hydroxylation is 1. The van der Waals surface area contributed by atoms with Gasteiger partial charge in [-0.25, -0.2) is 9.59 Å². The Morgan fingerprint density at radius 1 is 1.11 bits per heavy atom. The molecule has 3 atom stereocenters. The van der Waals surface area contributed by atoms with Crippen LogP contribution in [0.1, 0.15) is 38.3 Å². The maximum Gasteiger partial charge on any atom is 0.573 e. The molecule has 1 aromatic rings. The Labute approximate surface area is 210 Å². The summed E-state index contributed by atoms with van der Waals surface area (Å²) in [7, 11) is 0. The van der Waals surface area contributed by atoms with Gasteiger partial charge in [0.05, 0.1) is 12.2 Å². The molecule has 1 aliphatic heterocycles. The molecule has 2 rings (SSSR count). The molecule has 1 aromatic carbocycles. The van der Waals surface area contributed by atoms with Gasteiger partial charge >= 0.3 is 24.7 Å². The molecule has 38 heavy (non-hydrogen) atoms. The number of carbonyl (C=O) groups excluding carboxylic acids is 2. The lowest BCUT2D eigenvalue weighted by molar-refractivity contribution is -0.758. The van der Waals surface area contributed by atoms with Crippen LogP contribution in [-0.2, 0) is 30.3 Å². The van der Waals surface area contributed by atoms with E-state index in [0.717, 1.165) is 19.1 Å². The number of esters is 1. The van der Waals surface area contributed by atoms with Crippen LogP contribution in [0.5, 0.6) is 11.5 Å². The van der Waals surface area contributed by atoms with Gasteiger partial charge in [-0.15, -0.1) is 23.3 Å². The Hall–Kier alpha value is -3.92. The highest BCUT2D eigenvalue weighted by molar-refractivity contribution is 5.96. The second kappa shape index (κ2) is 12.1. The van der Waals surface area contributed by atoms with E-state index in [-0.39, 0.29) is 24.0 Å². The Morgan fingerprint density at radius 3 is 2.32 bits per heavy atom. The number of benzene rings is 1. The molecule has 0 aliphatic carbocycles. The van der Waals surface area contributed by atoms with E-state index in [1.165, 1.54) is 13.8 Å². The van der Waals surface area contributed by atoms with Crippen molar-refractivity contribution in [3.05, 3.63) is 38.9 Å². The minimum atomic E-state index is -5.14. The summed E-state index contributed by atoms with van der Waals surface area (Å²) in [4.78, 5) is 38.5. The molecule has 0 radical (unpaired) electrons. The van der Waals surface area contributed by atoms with Crippen molar-refractivity contribution in [2.45, 2.75) is 64.6 Å². The summed E-state index contributed by atoms with van der Waals surface area (Å²) in [6, 6.07) is 1.60. The number of fused-ring (bicyclic) bond motifs is 1. The maximum absolute atomic E-state index is 13.7. The molecule has 1 aliphatic rings. The number of hydrogen-bond donors (Lipinski definition) is 0. The average Bonchev–Trinajstić information content (AvgIpc) is 2.75. The first-order valence-electron chi connectivity index (χ1n) is 10.7. The molecule has 0 saturated heterocycles. The third-order valence-corrected chi connectivity index (χ3v) is 4.70. The van der Waals surface area contributed by atoms with Gasteiger partial charge in [0.15, 0.2) is 0 Å². The zero-order valence-corrected chi connectivity index (χ0v) is 19.9. The van der Waals surface area contributed by atoms with Gasteiger partial charge in [-0.3, -0.25) is 0 Å². The first kappa shape index (κ1) is 30.3. The van der Waals surface area contributed by atoms with E-state index in [2.05, 4.69) is 14.3 Å². The van der Waals surface area contributed by atoms with Gasteiger partial charge in [-0.2, -0.15) is 13.2 Å². The van der Waals surface area contributed by atoms with Crippen LogP contribution in [0.4, 0.5) is 31.1 Å². The zero-order valence-electron chi connectivity index (χ0n) is 19.9. The summed E-state index contributed by atoms with van der Waals surface area (Å²) in [6.07, 6.45) is -16.7. The SMILES string of the molecule is CCc1cc(OC(F)(F)F)cc2c1OC(C(F)(F)F)C(C(=O)OC(C)OC(=O)OC(C)CCO[N+](=O)[O-])=C2. The molecule has 0 bridgehead atoms. The standard InChI is InChI=1S/C21H21F6NO10/c1-4-12-7-14(38-21(25,26)27)8-13-9-15(17(20(22,23)24)37-16(12)13)18(29)35-11(3)36-19(30)34-10(2)5-6-33-28(31)32/h7-11,17H,4-6H2,1-3H3. The molecule has 3 unspecified atom stereocenters. The number of rotatable bonds is 10. The molecule has 212 valence electrons. The summed E-state index contributed by atoms with van der Waals surface area (Å²) >= 11 is 0. The summed E-state index contributed by atoms with van der Waals surface area (Å²) < 4.78 is 102. The summed E-state index contributed by atoms with van der Waals surface area (Å²) in [5.74, 6) is -2.79. The summed E-state index contributed by atoms with van der Waals surface area (Å²) in [6.45, 7) is 3.36. The van der Waals surface area contributed by atoms with E-state index in [9.17, 15) is 46.0 Å². The van der Waals surface area contributed by atoms with Crippen molar-refractivity contribution in [1.29, 1.82) is 0 Å². The minimum absolute atomic E-state index is 0.0286. The van der Waals surface area contributed by atoms with Crippen molar-refractivity contribution in [1.82, 2.24) is 0 Å². The fourth-order valence-corrected chi connectivity index (χ4v) is 3.15. The van der Waals surface area contributed by atoms with Crippen molar-refractivity contribution in [2.24, 2.45) is 0 Å². The lowest BCUT2D eigenvalue weighted by Gasteiger charge is -2.30. The van der Waals surface area contributed by atoms with Crippen LogP contribution in [-0.4, -0.2) is 54.9 Å². The highest BCUT2D eigenvalue weighted by atomic mass is 19.4. The topological polar surface area (TPSA) is 133 Å². The second-order valence-electron chi connectivity index (χ2n) is 7.66. The fourth-order valence-electron chi connectivity index (χ4n) is 3.15. The normalized spacial score (nSPS) is 16.7. The van der Waals surface area contributed by atoms with Crippen molar-refractivity contribution in [2.75, 3.05) is 6.61 Å². The molecule has 0 N–H and O–H groups in total. The number of halogens is 6. The molecule has 17 heteroatoms. The molecule has 0 spiro atoms. The molecule has 11 nitrogen and oxygen atoms in total.